The van der Waals surface area contributed by atoms with Gasteiger partial charge in [-0.15, -0.1) is 0 Å². The molecule has 3 nitrogen and oxygen atoms in total. The number of carbonyl (C=O) groups excluding carboxylic acids is 1. The molecule has 0 unspecified atom stereocenters. The third kappa shape index (κ3) is 3.57. The quantitative estimate of drug-likeness (QED) is 0.889. The maximum atomic E-state index is 13.3. The van der Waals surface area contributed by atoms with E-state index in [1.54, 1.807) is 6.07 Å². The van der Waals surface area contributed by atoms with Crippen LogP contribution in [0.25, 0.3) is 0 Å². The molecule has 1 amide bonds. The number of rotatable bonds is 4. The minimum absolute atomic E-state index is 0.0124. The molecule has 1 saturated carbocycles. The zero-order valence-electron chi connectivity index (χ0n) is 12.2. The van der Waals surface area contributed by atoms with E-state index >= 15 is 0 Å². The van der Waals surface area contributed by atoms with Crippen molar-refractivity contribution in [2.45, 2.75) is 51.1 Å². The molecule has 0 spiro atoms. The van der Waals surface area contributed by atoms with Crippen molar-refractivity contribution in [2.24, 2.45) is 11.7 Å². The lowest BCUT2D eigenvalue weighted by Crippen LogP contribution is -2.42. The molecule has 0 bridgehead atoms. The Balaban J connectivity index is 1.98. The molecule has 1 aliphatic carbocycles. The van der Waals surface area contributed by atoms with Crippen LogP contribution < -0.4 is 11.1 Å². The minimum atomic E-state index is -0.581. The predicted molar refractivity (Wildman–Crippen MR) is 77.5 cm³/mol. The lowest BCUT2D eigenvalue weighted by molar-refractivity contribution is -0.123. The van der Waals surface area contributed by atoms with Crippen molar-refractivity contribution >= 4 is 5.91 Å². The monoisotopic (exact) mass is 278 g/mol. The molecule has 3 N–H and O–H groups in total. The van der Waals surface area contributed by atoms with E-state index in [-0.39, 0.29) is 23.7 Å². The van der Waals surface area contributed by atoms with Gasteiger partial charge in [-0.2, -0.15) is 0 Å². The second kappa shape index (κ2) is 5.92. The molecule has 110 valence electrons. The second-order valence-corrected chi connectivity index (χ2v) is 6.24. The summed E-state index contributed by atoms with van der Waals surface area (Å²) >= 11 is 0. The van der Waals surface area contributed by atoms with Crippen LogP contribution in [0, 0.1) is 11.7 Å². The summed E-state index contributed by atoms with van der Waals surface area (Å²) in [6, 6.07) is 6.48. The van der Waals surface area contributed by atoms with Crippen LogP contribution in [0.15, 0.2) is 24.3 Å². The van der Waals surface area contributed by atoms with Crippen molar-refractivity contribution in [3.63, 3.8) is 0 Å². The van der Waals surface area contributed by atoms with Crippen LogP contribution in [-0.2, 0) is 10.3 Å². The smallest absolute Gasteiger partial charge is 0.221 e. The topological polar surface area (TPSA) is 55.1 Å². The zero-order chi connectivity index (χ0) is 14.8. The van der Waals surface area contributed by atoms with E-state index in [0.29, 0.717) is 6.42 Å². The molecule has 1 aromatic carbocycles. The Morgan fingerprint density at radius 1 is 1.45 bits per heavy atom. The number of benzene rings is 1. The average molecular weight is 278 g/mol. The van der Waals surface area contributed by atoms with Crippen molar-refractivity contribution in [2.75, 3.05) is 0 Å². The van der Waals surface area contributed by atoms with Crippen molar-refractivity contribution in [3.05, 3.63) is 35.6 Å². The van der Waals surface area contributed by atoms with Gasteiger partial charge >= 0.3 is 0 Å². The Morgan fingerprint density at radius 3 is 2.80 bits per heavy atom. The highest BCUT2D eigenvalue weighted by molar-refractivity contribution is 5.77. The normalized spacial score (nSPS) is 22.8. The molecule has 0 heterocycles. The molecule has 1 aliphatic rings. The van der Waals surface area contributed by atoms with Gasteiger partial charge in [-0.05, 0) is 50.3 Å². The molecular weight excluding hydrogens is 255 g/mol. The number of carbonyl (C=O) groups is 1. The van der Waals surface area contributed by atoms with Gasteiger partial charge in [0.2, 0.25) is 5.91 Å². The van der Waals surface area contributed by atoms with Crippen LogP contribution in [0.4, 0.5) is 4.39 Å². The molecule has 1 aromatic rings. The van der Waals surface area contributed by atoms with E-state index in [1.807, 2.05) is 19.9 Å². The first-order chi connectivity index (χ1) is 9.38. The average Bonchev–Trinajstić information content (AvgIpc) is 2.74. The molecule has 0 aliphatic heterocycles. The maximum absolute atomic E-state index is 13.3. The summed E-state index contributed by atoms with van der Waals surface area (Å²) in [5.74, 6) is -0.0254. The highest BCUT2D eigenvalue weighted by Crippen LogP contribution is 2.27. The number of nitrogens with two attached hydrogens (primary N) is 1. The fraction of sp³-hybridized carbons (Fsp3) is 0.562. The van der Waals surface area contributed by atoms with E-state index in [4.69, 9.17) is 5.73 Å². The predicted octanol–water partition coefficient (Wildman–Crippen LogP) is 2.69. The van der Waals surface area contributed by atoms with Crippen LogP contribution in [0.3, 0.4) is 0 Å². The Kier molecular flexibility index (Phi) is 4.43. The largest absolute Gasteiger partial charge is 0.347 e. The number of halogens is 1. The van der Waals surface area contributed by atoms with Gasteiger partial charge in [0, 0.05) is 12.5 Å². The lowest BCUT2D eigenvalue weighted by atomic mass is 9.93. The highest BCUT2D eigenvalue weighted by Gasteiger charge is 2.29. The van der Waals surface area contributed by atoms with Crippen LogP contribution in [0.2, 0.25) is 0 Å². The van der Waals surface area contributed by atoms with E-state index in [1.165, 1.54) is 12.1 Å². The lowest BCUT2D eigenvalue weighted by Gasteiger charge is -2.28. The summed E-state index contributed by atoms with van der Waals surface area (Å²) < 4.78 is 13.3. The summed E-state index contributed by atoms with van der Waals surface area (Å²) in [4.78, 5) is 12.2. The second-order valence-electron chi connectivity index (χ2n) is 6.24. The van der Waals surface area contributed by atoms with Crippen LogP contribution in [0.5, 0.6) is 0 Å². The van der Waals surface area contributed by atoms with Crippen molar-refractivity contribution < 1.29 is 9.18 Å². The summed E-state index contributed by atoms with van der Waals surface area (Å²) in [6.45, 7) is 3.77. The first kappa shape index (κ1) is 15.0. The van der Waals surface area contributed by atoms with Crippen molar-refractivity contribution in [1.29, 1.82) is 0 Å². The molecule has 20 heavy (non-hydrogen) atoms. The summed E-state index contributed by atoms with van der Waals surface area (Å²) in [7, 11) is 0. The number of hydrogen-bond donors (Lipinski definition) is 2. The first-order valence-corrected chi connectivity index (χ1v) is 7.21. The Labute approximate surface area is 119 Å². The molecule has 4 heteroatoms. The van der Waals surface area contributed by atoms with E-state index in [9.17, 15) is 9.18 Å². The van der Waals surface area contributed by atoms with E-state index in [0.717, 1.165) is 24.8 Å². The SMILES string of the molecule is CC(C)(NC(=O)C[C@@H]1CCC[C@H]1N)c1cccc(F)c1. The summed E-state index contributed by atoms with van der Waals surface area (Å²) in [5, 5.41) is 2.99. The third-order valence-electron chi connectivity index (χ3n) is 4.16. The van der Waals surface area contributed by atoms with Crippen molar-refractivity contribution in [1.82, 2.24) is 5.32 Å². The minimum Gasteiger partial charge on any atom is -0.347 e. The van der Waals surface area contributed by atoms with Gasteiger partial charge in [0.1, 0.15) is 5.82 Å². The molecule has 0 aromatic heterocycles. The zero-order valence-corrected chi connectivity index (χ0v) is 12.2. The Morgan fingerprint density at radius 2 is 2.20 bits per heavy atom. The Bertz CT molecular complexity index is 487. The summed E-state index contributed by atoms with van der Waals surface area (Å²) in [5.41, 5.74) is 6.18. The standard InChI is InChI=1S/C16H23FN2O/c1-16(2,12-6-4-7-13(17)10-12)19-15(20)9-11-5-3-8-14(11)18/h4,6-7,10-11,14H,3,5,8-9,18H2,1-2H3,(H,19,20)/t11-,14+/m0/s1. The van der Waals surface area contributed by atoms with Crippen molar-refractivity contribution in [3.8, 4) is 0 Å². The Hall–Kier alpha value is -1.42. The van der Waals surface area contributed by atoms with E-state index in [2.05, 4.69) is 5.32 Å². The summed E-state index contributed by atoms with van der Waals surface area (Å²) in [6.07, 6.45) is 3.59. The fourth-order valence-corrected chi connectivity index (χ4v) is 2.91. The van der Waals surface area contributed by atoms with E-state index < -0.39 is 5.54 Å². The van der Waals surface area contributed by atoms with Gasteiger partial charge in [0.05, 0.1) is 5.54 Å². The van der Waals surface area contributed by atoms with Gasteiger partial charge in [0.25, 0.3) is 0 Å². The first-order valence-electron chi connectivity index (χ1n) is 7.21. The molecular formula is C16H23FN2O. The molecule has 0 radical (unpaired) electrons. The number of amides is 1. The van der Waals surface area contributed by atoms with Crippen LogP contribution in [-0.4, -0.2) is 11.9 Å². The van der Waals surface area contributed by atoms with Gasteiger partial charge in [-0.25, -0.2) is 4.39 Å². The van der Waals surface area contributed by atoms with Gasteiger partial charge < -0.3 is 11.1 Å². The number of hydrogen-bond acceptors (Lipinski definition) is 2. The van der Waals surface area contributed by atoms with Gasteiger partial charge in [0.15, 0.2) is 0 Å². The molecule has 2 rings (SSSR count). The fourth-order valence-electron chi connectivity index (χ4n) is 2.91. The van der Waals surface area contributed by atoms with Gasteiger partial charge in [-0.1, -0.05) is 18.6 Å². The molecule has 2 atom stereocenters. The molecule has 0 saturated heterocycles. The third-order valence-corrected chi connectivity index (χ3v) is 4.16. The molecule has 1 fully saturated rings. The van der Waals surface area contributed by atoms with Crippen LogP contribution in [0.1, 0.15) is 45.1 Å². The maximum Gasteiger partial charge on any atom is 0.221 e. The van der Waals surface area contributed by atoms with Gasteiger partial charge in [-0.3, -0.25) is 4.79 Å². The highest BCUT2D eigenvalue weighted by atomic mass is 19.1. The number of nitrogens with one attached hydrogen (secondary N) is 1. The van der Waals surface area contributed by atoms with Crippen LogP contribution >= 0.6 is 0 Å².